The van der Waals surface area contributed by atoms with Gasteiger partial charge < -0.3 is 20.1 Å². The van der Waals surface area contributed by atoms with Gasteiger partial charge in [0, 0.05) is 44.0 Å². The molecule has 2 aromatic carbocycles. The zero-order chi connectivity index (χ0) is 29.9. The Kier molecular flexibility index (Phi) is 10.0. The summed E-state index contributed by atoms with van der Waals surface area (Å²) in [7, 11) is 0. The lowest BCUT2D eigenvalue weighted by atomic mass is 10.0. The van der Waals surface area contributed by atoms with E-state index in [1.807, 2.05) is 91.0 Å². The van der Waals surface area contributed by atoms with Crippen molar-refractivity contribution < 1.29 is 19.4 Å². The van der Waals surface area contributed by atoms with Crippen molar-refractivity contribution in [1.82, 2.24) is 25.2 Å². The van der Waals surface area contributed by atoms with Gasteiger partial charge in [-0.2, -0.15) is 0 Å². The molecular formula is C33H31N5O4S. The highest BCUT2D eigenvalue weighted by Crippen LogP contribution is 2.34. The zero-order valence-electron chi connectivity index (χ0n) is 23.4. The van der Waals surface area contributed by atoms with Crippen LogP contribution in [-0.4, -0.2) is 50.2 Å². The van der Waals surface area contributed by atoms with Gasteiger partial charge in [0.2, 0.25) is 0 Å². The van der Waals surface area contributed by atoms with Crippen molar-refractivity contribution >= 4 is 23.5 Å². The van der Waals surface area contributed by atoms with E-state index in [1.54, 1.807) is 17.9 Å². The summed E-state index contributed by atoms with van der Waals surface area (Å²) in [6.07, 6.45) is 2.13. The molecule has 3 aromatic heterocycles. The molecule has 3 heterocycles. The minimum atomic E-state index is -1.01. The van der Waals surface area contributed by atoms with Crippen LogP contribution < -0.4 is 5.32 Å². The van der Waals surface area contributed by atoms with E-state index in [2.05, 4.69) is 20.3 Å². The molecule has 43 heavy (non-hydrogen) atoms. The van der Waals surface area contributed by atoms with E-state index in [0.717, 1.165) is 27.3 Å². The molecule has 0 spiro atoms. The Morgan fingerprint density at radius 3 is 2.21 bits per heavy atom. The molecule has 1 unspecified atom stereocenters. The topological polar surface area (TPSA) is 118 Å². The molecule has 0 bridgehead atoms. The Balaban J connectivity index is 1.25. The van der Waals surface area contributed by atoms with Crippen LogP contribution in [0.4, 0.5) is 9.59 Å². The Hall–Kier alpha value is -5.09. The lowest BCUT2D eigenvalue weighted by molar-refractivity contribution is 0.0990. The zero-order valence-corrected chi connectivity index (χ0v) is 24.2. The number of nitrogens with zero attached hydrogens (tertiary/aromatic N) is 4. The van der Waals surface area contributed by atoms with E-state index in [9.17, 15) is 14.7 Å². The number of amides is 2. The van der Waals surface area contributed by atoms with Crippen LogP contribution in [0.1, 0.15) is 28.5 Å². The Labute approximate surface area is 253 Å². The quantitative estimate of drug-likeness (QED) is 0.152. The second-order valence-corrected chi connectivity index (χ2v) is 10.6. The molecule has 0 saturated carbocycles. The smallest absolute Gasteiger partial charge is 0.407 e. The first-order valence-electron chi connectivity index (χ1n) is 13.9. The molecule has 2 N–H and O–H groups in total. The van der Waals surface area contributed by atoms with Gasteiger partial charge in [0.05, 0.1) is 21.8 Å². The van der Waals surface area contributed by atoms with Crippen molar-refractivity contribution in [3.63, 3.8) is 0 Å². The maximum atomic E-state index is 13.0. The number of nitrogens with one attached hydrogen (secondary N) is 1. The first-order chi connectivity index (χ1) is 21.1. The highest BCUT2D eigenvalue weighted by molar-refractivity contribution is 7.10. The number of hydrogen-bond acceptors (Lipinski definition) is 7. The molecule has 1 atom stereocenters. The molecular weight excluding hydrogens is 562 g/mol. The van der Waals surface area contributed by atoms with Crippen molar-refractivity contribution in [2.75, 3.05) is 13.1 Å². The fourth-order valence-electron chi connectivity index (χ4n) is 4.60. The maximum absolute atomic E-state index is 13.0. The lowest BCUT2D eigenvalue weighted by Crippen LogP contribution is -2.33. The molecule has 0 fully saturated rings. The van der Waals surface area contributed by atoms with Crippen LogP contribution in [0, 0.1) is 0 Å². The number of ether oxygens (including phenoxy) is 1. The lowest BCUT2D eigenvalue weighted by Gasteiger charge is -2.20. The van der Waals surface area contributed by atoms with Gasteiger partial charge in [-0.1, -0.05) is 66.7 Å². The molecule has 0 saturated heterocycles. The number of carboxylic acid groups (broad SMARTS) is 1. The normalized spacial score (nSPS) is 11.4. The van der Waals surface area contributed by atoms with Crippen LogP contribution >= 0.6 is 11.3 Å². The number of pyridine rings is 2. The fourth-order valence-corrected chi connectivity index (χ4v) is 5.43. The molecule has 0 radical (unpaired) electrons. The molecule has 2 amide bonds. The Bertz CT molecular complexity index is 1600. The SMILES string of the molecule is O=C(NCCCN(Cc1ccccc1)C(=O)O)OC(Cc1ccc(-c2ccccn2)cc1)c1scnc1-c1ccccn1. The van der Waals surface area contributed by atoms with E-state index < -0.39 is 18.3 Å². The highest BCUT2D eigenvalue weighted by atomic mass is 32.1. The molecule has 10 heteroatoms. The monoisotopic (exact) mass is 593 g/mol. The van der Waals surface area contributed by atoms with Crippen LogP contribution in [0.2, 0.25) is 0 Å². The van der Waals surface area contributed by atoms with E-state index in [1.165, 1.54) is 16.2 Å². The summed E-state index contributed by atoms with van der Waals surface area (Å²) in [6, 6.07) is 28.8. The first kappa shape index (κ1) is 29.4. The van der Waals surface area contributed by atoms with Gasteiger partial charge in [-0.15, -0.1) is 11.3 Å². The number of aromatic nitrogens is 3. The molecule has 9 nitrogen and oxygen atoms in total. The van der Waals surface area contributed by atoms with Gasteiger partial charge in [-0.3, -0.25) is 9.97 Å². The van der Waals surface area contributed by atoms with Gasteiger partial charge in [-0.05, 0) is 41.8 Å². The minimum Gasteiger partial charge on any atom is -0.465 e. The number of benzene rings is 2. The number of rotatable bonds is 12. The predicted molar refractivity (Wildman–Crippen MR) is 165 cm³/mol. The fraction of sp³-hybridized carbons (Fsp3) is 0.182. The average Bonchev–Trinajstić information content (AvgIpc) is 3.54. The van der Waals surface area contributed by atoms with Crippen LogP contribution in [0.25, 0.3) is 22.6 Å². The van der Waals surface area contributed by atoms with E-state index >= 15 is 0 Å². The van der Waals surface area contributed by atoms with Crippen molar-refractivity contribution in [3.8, 4) is 22.6 Å². The van der Waals surface area contributed by atoms with Crippen molar-refractivity contribution in [1.29, 1.82) is 0 Å². The third kappa shape index (κ3) is 8.23. The molecule has 5 aromatic rings. The van der Waals surface area contributed by atoms with Crippen LogP contribution in [0.15, 0.2) is 109 Å². The summed E-state index contributed by atoms with van der Waals surface area (Å²) < 4.78 is 5.98. The van der Waals surface area contributed by atoms with Gasteiger partial charge in [-0.25, -0.2) is 14.6 Å². The average molecular weight is 594 g/mol. The van der Waals surface area contributed by atoms with E-state index in [4.69, 9.17) is 4.74 Å². The number of carbonyl (C=O) groups is 2. The first-order valence-corrected chi connectivity index (χ1v) is 14.8. The number of hydrogen-bond donors (Lipinski definition) is 2. The summed E-state index contributed by atoms with van der Waals surface area (Å²) in [5.74, 6) is 0. The standard InChI is InChI=1S/C33H31N5O4S/c39-32(36-19-8-20-38(33(40)41)22-25-9-2-1-3-10-25)42-29(31-30(37-23-43-31)28-12-5-7-18-35-28)21-24-13-15-26(16-14-24)27-11-4-6-17-34-27/h1-7,9-18,23,29H,8,19-22H2,(H,36,39)(H,40,41). The molecule has 5 rings (SSSR count). The Morgan fingerprint density at radius 1 is 0.837 bits per heavy atom. The maximum Gasteiger partial charge on any atom is 0.407 e. The second kappa shape index (κ2) is 14.7. The van der Waals surface area contributed by atoms with E-state index in [-0.39, 0.29) is 19.6 Å². The number of thiazole rings is 1. The summed E-state index contributed by atoms with van der Waals surface area (Å²) in [5.41, 5.74) is 6.86. The summed E-state index contributed by atoms with van der Waals surface area (Å²) in [4.78, 5) is 40.2. The second-order valence-electron chi connectivity index (χ2n) is 9.76. The number of alkyl carbamates (subject to hydrolysis) is 1. The van der Waals surface area contributed by atoms with Gasteiger partial charge in [0.15, 0.2) is 0 Å². The Morgan fingerprint density at radius 2 is 1.53 bits per heavy atom. The minimum absolute atomic E-state index is 0.263. The third-order valence-electron chi connectivity index (χ3n) is 6.74. The molecule has 0 aliphatic heterocycles. The van der Waals surface area contributed by atoms with Crippen LogP contribution in [0.5, 0.6) is 0 Å². The summed E-state index contributed by atoms with van der Waals surface area (Å²) in [6.45, 7) is 0.817. The van der Waals surface area contributed by atoms with Crippen LogP contribution in [0.3, 0.4) is 0 Å². The van der Waals surface area contributed by atoms with Crippen LogP contribution in [-0.2, 0) is 17.7 Å². The highest BCUT2D eigenvalue weighted by Gasteiger charge is 2.24. The van der Waals surface area contributed by atoms with E-state index in [0.29, 0.717) is 24.2 Å². The van der Waals surface area contributed by atoms with Crippen molar-refractivity contribution in [2.24, 2.45) is 0 Å². The van der Waals surface area contributed by atoms with Crippen molar-refractivity contribution in [2.45, 2.75) is 25.5 Å². The summed E-state index contributed by atoms with van der Waals surface area (Å²) in [5, 5.41) is 12.4. The van der Waals surface area contributed by atoms with Crippen molar-refractivity contribution in [3.05, 3.63) is 125 Å². The molecule has 0 aliphatic carbocycles. The summed E-state index contributed by atoms with van der Waals surface area (Å²) >= 11 is 1.41. The molecule has 218 valence electrons. The van der Waals surface area contributed by atoms with Gasteiger partial charge in [0.1, 0.15) is 11.8 Å². The third-order valence-corrected chi connectivity index (χ3v) is 7.66. The van der Waals surface area contributed by atoms with Gasteiger partial charge in [0.25, 0.3) is 0 Å². The molecule has 0 aliphatic rings. The van der Waals surface area contributed by atoms with Gasteiger partial charge >= 0.3 is 12.2 Å². The number of carbonyl (C=O) groups excluding carboxylic acids is 1. The predicted octanol–water partition coefficient (Wildman–Crippen LogP) is 6.85. The largest absolute Gasteiger partial charge is 0.465 e.